The van der Waals surface area contributed by atoms with Gasteiger partial charge in [0.1, 0.15) is 0 Å². The van der Waals surface area contributed by atoms with Crippen LogP contribution in [0, 0.1) is 10.1 Å². The average molecular weight is 398 g/mol. The molecule has 1 saturated heterocycles. The summed E-state index contributed by atoms with van der Waals surface area (Å²) in [6.45, 7) is 0.0281. The van der Waals surface area contributed by atoms with Crippen LogP contribution in [0.15, 0.2) is 53.4 Å². The van der Waals surface area contributed by atoms with E-state index in [9.17, 15) is 24.5 Å². The number of ether oxygens (including phenoxy) is 1. The molecule has 28 heavy (non-hydrogen) atoms. The predicted octanol–water partition coefficient (Wildman–Crippen LogP) is 3.62. The summed E-state index contributed by atoms with van der Waals surface area (Å²) in [5, 5.41) is 10.7. The van der Waals surface area contributed by atoms with Gasteiger partial charge in [-0.1, -0.05) is 24.3 Å². The molecule has 0 unspecified atom stereocenters. The molecule has 1 aliphatic rings. The van der Waals surface area contributed by atoms with Crippen molar-refractivity contribution in [1.82, 2.24) is 4.90 Å². The molecule has 9 heteroatoms. The van der Waals surface area contributed by atoms with Gasteiger partial charge in [0.25, 0.3) is 16.8 Å². The molecule has 1 aliphatic heterocycles. The molecule has 1 fully saturated rings. The highest BCUT2D eigenvalue weighted by atomic mass is 32.2. The van der Waals surface area contributed by atoms with Crippen molar-refractivity contribution in [3.8, 4) is 0 Å². The van der Waals surface area contributed by atoms with Gasteiger partial charge in [0.2, 0.25) is 0 Å². The van der Waals surface area contributed by atoms with Gasteiger partial charge in [0.15, 0.2) is 0 Å². The van der Waals surface area contributed by atoms with E-state index in [1.54, 1.807) is 30.3 Å². The molecule has 0 spiro atoms. The number of benzene rings is 2. The van der Waals surface area contributed by atoms with Crippen LogP contribution < -0.4 is 0 Å². The van der Waals surface area contributed by atoms with Crippen LogP contribution in [0.25, 0.3) is 6.08 Å². The number of esters is 1. The van der Waals surface area contributed by atoms with E-state index in [-0.39, 0.29) is 22.7 Å². The molecular weight excluding hydrogens is 384 g/mol. The van der Waals surface area contributed by atoms with Crippen molar-refractivity contribution in [1.29, 1.82) is 0 Å². The lowest BCUT2D eigenvalue weighted by Crippen LogP contribution is -2.27. The van der Waals surface area contributed by atoms with Crippen molar-refractivity contribution < 1.29 is 24.0 Å². The number of carbonyl (C=O) groups excluding carboxylic acids is 3. The van der Waals surface area contributed by atoms with E-state index in [1.165, 1.54) is 31.4 Å². The van der Waals surface area contributed by atoms with Gasteiger partial charge in [0, 0.05) is 6.07 Å². The van der Waals surface area contributed by atoms with Crippen LogP contribution in [-0.2, 0) is 16.1 Å². The summed E-state index contributed by atoms with van der Waals surface area (Å²) in [5.74, 6) is -1.00. The molecule has 0 aromatic heterocycles. The summed E-state index contributed by atoms with van der Waals surface area (Å²) in [6, 6.07) is 12.3. The van der Waals surface area contributed by atoms with E-state index in [0.717, 1.165) is 16.7 Å². The predicted molar refractivity (Wildman–Crippen MR) is 102 cm³/mol. The number of amides is 2. The van der Waals surface area contributed by atoms with Crippen molar-refractivity contribution >= 4 is 40.6 Å². The van der Waals surface area contributed by atoms with Gasteiger partial charge in [-0.05, 0) is 41.6 Å². The molecule has 2 aromatic carbocycles. The largest absolute Gasteiger partial charge is 0.465 e. The molecule has 142 valence electrons. The maximum Gasteiger partial charge on any atom is 0.337 e. The Morgan fingerprint density at radius 2 is 1.86 bits per heavy atom. The monoisotopic (exact) mass is 398 g/mol. The molecule has 0 N–H and O–H groups in total. The highest BCUT2D eigenvalue weighted by Crippen LogP contribution is 2.34. The fraction of sp³-hybridized carbons (Fsp3) is 0.105. The van der Waals surface area contributed by atoms with Crippen LogP contribution in [0.1, 0.15) is 21.5 Å². The van der Waals surface area contributed by atoms with Crippen molar-refractivity contribution in [3.05, 3.63) is 80.2 Å². The Balaban J connectivity index is 1.81. The number of rotatable bonds is 5. The standard InChI is InChI=1S/C19H14N2O6S/c1-27-18(23)13-8-6-12(7-9-13)11-20-17(22)16(28-19(20)24)10-14-4-2-3-5-15(14)21(25)26/h2-10H,11H2,1H3/b16-10-. The lowest BCUT2D eigenvalue weighted by molar-refractivity contribution is -0.385. The minimum atomic E-state index is -0.543. The molecule has 2 aromatic rings. The van der Waals surface area contributed by atoms with Crippen molar-refractivity contribution in [2.24, 2.45) is 0 Å². The molecule has 3 rings (SSSR count). The molecule has 0 bridgehead atoms. The molecule has 0 atom stereocenters. The van der Waals surface area contributed by atoms with Crippen molar-refractivity contribution in [2.45, 2.75) is 6.54 Å². The highest BCUT2D eigenvalue weighted by molar-refractivity contribution is 8.18. The zero-order valence-corrected chi connectivity index (χ0v) is 15.5. The van der Waals surface area contributed by atoms with E-state index in [1.807, 2.05) is 0 Å². The van der Waals surface area contributed by atoms with E-state index in [4.69, 9.17) is 0 Å². The molecule has 8 nitrogen and oxygen atoms in total. The topological polar surface area (TPSA) is 107 Å². The number of nitrogens with zero attached hydrogens (tertiary/aromatic N) is 2. The first kappa shape index (κ1) is 19.3. The van der Waals surface area contributed by atoms with Gasteiger partial charge in [-0.25, -0.2) is 4.79 Å². The van der Waals surface area contributed by atoms with Crippen molar-refractivity contribution in [2.75, 3.05) is 7.11 Å². The van der Waals surface area contributed by atoms with Crippen LogP contribution >= 0.6 is 11.8 Å². The molecule has 2 amide bonds. The Hall–Kier alpha value is -3.46. The third-order valence-corrected chi connectivity index (χ3v) is 4.92. The second kappa shape index (κ2) is 8.05. The number of carbonyl (C=O) groups is 3. The maximum absolute atomic E-state index is 12.6. The Morgan fingerprint density at radius 1 is 1.18 bits per heavy atom. The number of nitro groups is 1. The van der Waals surface area contributed by atoms with Crippen LogP contribution in [-0.4, -0.2) is 34.0 Å². The fourth-order valence-electron chi connectivity index (χ4n) is 2.60. The number of nitro benzene ring substituents is 1. The molecule has 0 aliphatic carbocycles. The first-order valence-electron chi connectivity index (χ1n) is 8.06. The van der Waals surface area contributed by atoms with Crippen LogP contribution in [0.5, 0.6) is 0 Å². The molecule has 0 radical (unpaired) electrons. The number of para-hydroxylation sites is 1. The molecule has 0 saturated carbocycles. The number of hydrogen-bond acceptors (Lipinski definition) is 7. The van der Waals surface area contributed by atoms with E-state index >= 15 is 0 Å². The van der Waals surface area contributed by atoms with Gasteiger partial charge in [-0.2, -0.15) is 0 Å². The minimum absolute atomic E-state index is 0.0281. The van der Waals surface area contributed by atoms with E-state index in [2.05, 4.69) is 4.74 Å². The first-order valence-corrected chi connectivity index (χ1v) is 8.88. The average Bonchev–Trinajstić information content (AvgIpc) is 2.95. The van der Waals surface area contributed by atoms with Crippen molar-refractivity contribution in [3.63, 3.8) is 0 Å². The number of thioether (sulfide) groups is 1. The second-order valence-corrected chi connectivity index (χ2v) is 6.77. The lowest BCUT2D eigenvalue weighted by atomic mass is 10.1. The molecular formula is C19H14N2O6S. The highest BCUT2D eigenvalue weighted by Gasteiger charge is 2.35. The third kappa shape index (κ3) is 3.94. The SMILES string of the molecule is COC(=O)c1ccc(CN2C(=O)S/C(=C\c3ccccc3[N+](=O)[O-])C2=O)cc1. The van der Waals surface area contributed by atoms with E-state index < -0.39 is 22.0 Å². The van der Waals surface area contributed by atoms with Crippen LogP contribution in [0.3, 0.4) is 0 Å². The van der Waals surface area contributed by atoms with Gasteiger partial charge in [-0.15, -0.1) is 0 Å². The molecule has 1 heterocycles. The Morgan fingerprint density at radius 3 is 2.50 bits per heavy atom. The normalized spacial score (nSPS) is 15.2. The fourth-order valence-corrected chi connectivity index (χ4v) is 3.43. The Labute approximate surface area is 163 Å². The summed E-state index contributed by atoms with van der Waals surface area (Å²) in [7, 11) is 1.28. The zero-order valence-electron chi connectivity index (χ0n) is 14.7. The zero-order chi connectivity index (χ0) is 20.3. The van der Waals surface area contributed by atoms with E-state index in [0.29, 0.717) is 11.1 Å². The Kier molecular flexibility index (Phi) is 5.55. The van der Waals surface area contributed by atoms with Crippen LogP contribution in [0.2, 0.25) is 0 Å². The maximum atomic E-state index is 12.6. The smallest absolute Gasteiger partial charge is 0.337 e. The summed E-state index contributed by atoms with van der Waals surface area (Å²) in [6.07, 6.45) is 1.35. The van der Waals surface area contributed by atoms with Crippen LogP contribution in [0.4, 0.5) is 10.5 Å². The van der Waals surface area contributed by atoms with Gasteiger partial charge >= 0.3 is 5.97 Å². The Bertz CT molecular complexity index is 1000. The quantitative estimate of drug-likeness (QED) is 0.328. The number of methoxy groups -OCH3 is 1. The minimum Gasteiger partial charge on any atom is -0.465 e. The van der Waals surface area contributed by atoms with Gasteiger partial charge < -0.3 is 4.74 Å². The second-order valence-electron chi connectivity index (χ2n) is 5.77. The summed E-state index contributed by atoms with van der Waals surface area (Å²) in [4.78, 5) is 48.1. The summed E-state index contributed by atoms with van der Waals surface area (Å²) in [5.41, 5.74) is 1.12. The number of imide groups is 1. The summed E-state index contributed by atoms with van der Waals surface area (Å²) >= 11 is 0.730. The number of hydrogen-bond donors (Lipinski definition) is 0. The van der Waals surface area contributed by atoms with Gasteiger partial charge in [-0.3, -0.25) is 24.6 Å². The third-order valence-electron chi connectivity index (χ3n) is 4.01. The lowest BCUT2D eigenvalue weighted by Gasteiger charge is -2.12. The first-order chi connectivity index (χ1) is 13.4. The summed E-state index contributed by atoms with van der Waals surface area (Å²) < 4.78 is 4.62. The van der Waals surface area contributed by atoms with Gasteiger partial charge in [0.05, 0.1) is 34.6 Å².